The van der Waals surface area contributed by atoms with Gasteiger partial charge in [0, 0.05) is 13.0 Å². The monoisotopic (exact) mass is 443 g/mol. The third-order valence-corrected chi connectivity index (χ3v) is 5.52. The van der Waals surface area contributed by atoms with Gasteiger partial charge in [-0.3, -0.25) is 4.79 Å². The fourth-order valence-corrected chi connectivity index (χ4v) is 3.49. The van der Waals surface area contributed by atoms with Crippen molar-refractivity contribution in [2.24, 2.45) is 0 Å². The Kier molecular flexibility index (Phi) is 6.53. The van der Waals surface area contributed by atoms with E-state index in [1.165, 1.54) is 43.8 Å². The molecule has 0 saturated heterocycles. The summed E-state index contributed by atoms with van der Waals surface area (Å²) < 4.78 is 31.6. The minimum atomic E-state index is -3.80. The largest absolute Gasteiger partial charge is 0.449 e. The summed E-state index contributed by atoms with van der Waals surface area (Å²) in [4.78, 5) is 39.3. The summed E-state index contributed by atoms with van der Waals surface area (Å²) >= 11 is 0. The number of sulfonamides is 1. The molecule has 12 nitrogen and oxygen atoms in total. The maximum Gasteiger partial charge on any atom is 0.338 e. The number of nitrogens with zero attached hydrogens (tertiary/aromatic N) is 4. The van der Waals surface area contributed by atoms with E-state index in [4.69, 9.17) is 10.00 Å². The number of nitrogens with one attached hydrogen (secondary N) is 3. The number of amides is 1. The first-order valence-electron chi connectivity index (χ1n) is 8.94. The van der Waals surface area contributed by atoms with Gasteiger partial charge in [-0.2, -0.15) is 5.26 Å². The van der Waals surface area contributed by atoms with Crippen molar-refractivity contribution in [3.05, 3.63) is 42.5 Å². The van der Waals surface area contributed by atoms with Crippen molar-refractivity contribution in [2.45, 2.75) is 24.3 Å². The maximum atomic E-state index is 12.4. The van der Waals surface area contributed by atoms with Crippen LogP contribution >= 0.6 is 0 Å². The van der Waals surface area contributed by atoms with Crippen LogP contribution in [0.5, 0.6) is 0 Å². The van der Waals surface area contributed by atoms with Crippen molar-refractivity contribution in [3.8, 4) is 6.07 Å². The second-order valence-electron chi connectivity index (χ2n) is 6.19. The fourth-order valence-electron chi connectivity index (χ4n) is 2.46. The molecule has 0 saturated carbocycles. The number of hydrogen-bond donors (Lipinski definition) is 3. The number of benzene rings is 1. The first-order valence-corrected chi connectivity index (χ1v) is 10.4. The highest BCUT2D eigenvalue weighted by molar-refractivity contribution is 7.89. The molecule has 13 heteroatoms. The van der Waals surface area contributed by atoms with Crippen molar-refractivity contribution < 1.29 is 22.7 Å². The Morgan fingerprint density at radius 2 is 1.97 bits per heavy atom. The lowest BCUT2D eigenvalue weighted by Gasteiger charge is -2.13. The number of imidazole rings is 1. The Labute approximate surface area is 176 Å². The van der Waals surface area contributed by atoms with Gasteiger partial charge < -0.3 is 15.0 Å². The first-order chi connectivity index (χ1) is 14.8. The number of esters is 1. The van der Waals surface area contributed by atoms with Gasteiger partial charge in [-0.15, -0.1) is 0 Å². The van der Waals surface area contributed by atoms with Gasteiger partial charge in [0.05, 0.1) is 22.9 Å². The second-order valence-corrected chi connectivity index (χ2v) is 7.96. The van der Waals surface area contributed by atoms with E-state index in [9.17, 15) is 18.0 Å². The molecule has 31 heavy (non-hydrogen) atoms. The smallest absolute Gasteiger partial charge is 0.338 e. The van der Waals surface area contributed by atoms with Crippen LogP contribution < -0.4 is 10.0 Å². The van der Waals surface area contributed by atoms with Crippen molar-refractivity contribution in [2.75, 3.05) is 11.9 Å². The quantitative estimate of drug-likeness (QED) is 0.334. The zero-order chi connectivity index (χ0) is 22.4. The molecule has 0 radical (unpaired) electrons. The molecule has 0 aliphatic rings. The van der Waals surface area contributed by atoms with E-state index in [0.717, 1.165) is 0 Å². The molecule has 2 heterocycles. The van der Waals surface area contributed by atoms with Crippen LogP contribution in [0.1, 0.15) is 23.7 Å². The number of ether oxygens (including phenoxy) is 1. The van der Waals surface area contributed by atoms with E-state index in [2.05, 4.69) is 30.0 Å². The number of hydrogen-bond acceptors (Lipinski definition) is 9. The predicted octanol–water partition coefficient (Wildman–Crippen LogP) is 0.729. The van der Waals surface area contributed by atoms with E-state index in [1.807, 2.05) is 6.07 Å². The van der Waals surface area contributed by atoms with Crippen molar-refractivity contribution >= 4 is 38.9 Å². The average molecular weight is 443 g/mol. The molecule has 3 rings (SSSR count). The minimum Gasteiger partial charge on any atom is -0.449 e. The third-order valence-electron chi connectivity index (χ3n) is 4.05. The lowest BCUT2D eigenvalue weighted by atomic mass is 10.2. The number of fused-ring (bicyclic) bond motifs is 1. The molecule has 160 valence electrons. The molecule has 0 aliphatic carbocycles. The third kappa shape index (κ3) is 5.18. The Balaban J connectivity index is 1.62. The van der Waals surface area contributed by atoms with Gasteiger partial charge in [-0.25, -0.2) is 32.9 Å². The highest BCUT2D eigenvalue weighted by atomic mass is 32.2. The van der Waals surface area contributed by atoms with Crippen LogP contribution in [0, 0.1) is 11.3 Å². The van der Waals surface area contributed by atoms with Gasteiger partial charge in [0.2, 0.25) is 10.0 Å². The summed E-state index contributed by atoms with van der Waals surface area (Å²) in [5.74, 6) is -1.24. The van der Waals surface area contributed by atoms with Crippen molar-refractivity contribution in [1.82, 2.24) is 24.7 Å². The number of rotatable bonds is 8. The first kappa shape index (κ1) is 21.8. The lowest BCUT2D eigenvalue weighted by molar-refractivity contribution is -0.123. The molecular weight excluding hydrogens is 426 g/mol. The van der Waals surface area contributed by atoms with Crippen molar-refractivity contribution in [1.29, 1.82) is 5.26 Å². The van der Waals surface area contributed by atoms with Gasteiger partial charge in [0.15, 0.2) is 17.6 Å². The van der Waals surface area contributed by atoms with E-state index in [-0.39, 0.29) is 29.2 Å². The van der Waals surface area contributed by atoms with Crippen LogP contribution in [0.2, 0.25) is 0 Å². The molecule has 0 aliphatic heterocycles. The predicted molar refractivity (Wildman–Crippen MR) is 107 cm³/mol. The molecule has 1 unspecified atom stereocenters. The average Bonchev–Trinajstić information content (AvgIpc) is 3.24. The number of aromatic nitrogens is 4. The van der Waals surface area contributed by atoms with Crippen LogP contribution in [-0.4, -0.2) is 52.9 Å². The molecule has 3 aromatic rings. The SMILES string of the molecule is CC(OC(=O)c1ccc(S(=O)(=O)NCCC#N)cc1)C(=O)Nc1ncnc2nc[nH]c12. The zero-order valence-electron chi connectivity index (χ0n) is 16.2. The molecule has 1 atom stereocenters. The van der Waals surface area contributed by atoms with E-state index in [1.54, 1.807) is 0 Å². The van der Waals surface area contributed by atoms with Gasteiger partial charge in [0.25, 0.3) is 5.91 Å². The molecular formula is C18H17N7O5S. The van der Waals surface area contributed by atoms with Crippen LogP contribution in [0.25, 0.3) is 11.2 Å². The van der Waals surface area contributed by atoms with Gasteiger partial charge in [-0.05, 0) is 31.2 Å². The summed E-state index contributed by atoms with van der Waals surface area (Å²) in [6.07, 6.45) is 1.52. The van der Waals surface area contributed by atoms with Crippen molar-refractivity contribution in [3.63, 3.8) is 0 Å². The van der Waals surface area contributed by atoms with Crippen LogP contribution in [-0.2, 0) is 19.6 Å². The maximum absolute atomic E-state index is 12.4. The summed E-state index contributed by atoms with van der Waals surface area (Å²) in [5.41, 5.74) is 0.857. The number of nitriles is 1. The highest BCUT2D eigenvalue weighted by Gasteiger charge is 2.21. The van der Waals surface area contributed by atoms with Crippen LogP contribution in [0.3, 0.4) is 0 Å². The fraction of sp³-hybridized carbons (Fsp3) is 0.222. The minimum absolute atomic E-state index is 0.0214. The van der Waals surface area contributed by atoms with Crippen LogP contribution in [0.4, 0.5) is 5.82 Å². The molecule has 3 N–H and O–H groups in total. The molecule has 1 amide bonds. The van der Waals surface area contributed by atoms with E-state index < -0.39 is 28.0 Å². The normalized spacial score (nSPS) is 12.1. The molecule has 1 aromatic carbocycles. The molecule has 0 bridgehead atoms. The molecule has 0 spiro atoms. The standard InChI is InChI=1S/C18H17N7O5S/c1-11(17(26)25-16-14-15(21-9-20-14)22-10-23-16)30-18(27)12-3-5-13(6-4-12)31(28,29)24-8-2-7-19/h3-6,9-11,24H,2,8H2,1H3,(H2,20,21,22,23,25,26). The van der Waals surface area contributed by atoms with Gasteiger partial charge >= 0.3 is 5.97 Å². The number of anilines is 1. The lowest BCUT2D eigenvalue weighted by Crippen LogP contribution is -2.30. The van der Waals surface area contributed by atoms with E-state index in [0.29, 0.717) is 11.2 Å². The topological polar surface area (TPSA) is 180 Å². The number of aromatic amines is 1. The Hall–Kier alpha value is -3.89. The number of H-pyrrole nitrogens is 1. The van der Waals surface area contributed by atoms with E-state index >= 15 is 0 Å². The van der Waals surface area contributed by atoms with Gasteiger partial charge in [-0.1, -0.05) is 0 Å². The summed E-state index contributed by atoms with van der Waals surface area (Å²) in [6, 6.07) is 6.83. The van der Waals surface area contributed by atoms with Crippen LogP contribution in [0.15, 0.2) is 41.8 Å². The second kappa shape index (κ2) is 9.28. The highest BCUT2D eigenvalue weighted by Crippen LogP contribution is 2.16. The summed E-state index contributed by atoms with van der Waals surface area (Å²) in [7, 11) is -3.80. The summed E-state index contributed by atoms with van der Waals surface area (Å²) in [5, 5.41) is 11.0. The zero-order valence-corrected chi connectivity index (χ0v) is 17.0. The Morgan fingerprint density at radius 1 is 1.23 bits per heavy atom. The molecule has 2 aromatic heterocycles. The molecule has 0 fully saturated rings. The Morgan fingerprint density at radius 3 is 2.68 bits per heavy atom. The number of carbonyl (C=O) groups is 2. The Bertz CT molecular complexity index is 1250. The number of carbonyl (C=O) groups excluding carboxylic acids is 2. The summed E-state index contributed by atoms with van der Waals surface area (Å²) in [6.45, 7) is 1.36. The van der Waals surface area contributed by atoms with Gasteiger partial charge in [0.1, 0.15) is 11.8 Å².